The van der Waals surface area contributed by atoms with E-state index in [1.165, 1.54) is 5.56 Å². The standard InChI is InChI=1S/C20H24N2O2/c1-2-24-15-18-10-6-7-11-19(18)21-20(23)22-13-12-17(14-22)16-8-4-3-5-9-16/h3-11,17H,2,12-15H2,1H3,(H,21,23)/t17-/m1/s1. The molecular formula is C20H24N2O2. The molecule has 0 aromatic heterocycles. The van der Waals surface area contributed by atoms with E-state index < -0.39 is 0 Å². The summed E-state index contributed by atoms with van der Waals surface area (Å²) in [7, 11) is 0. The van der Waals surface area contributed by atoms with E-state index in [9.17, 15) is 4.79 Å². The maximum absolute atomic E-state index is 12.6. The largest absolute Gasteiger partial charge is 0.377 e. The third-order valence-corrected chi connectivity index (χ3v) is 4.47. The Kier molecular flexibility index (Phi) is 5.49. The van der Waals surface area contributed by atoms with Crippen LogP contribution in [0.3, 0.4) is 0 Å². The molecule has 1 fully saturated rings. The Labute approximate surface area is 143 Å². The summed E-state index contributed by atoms with van der Waals surface area (Å²) in [5, 5.41) is 3.04. The molecule has 2 aromatic carbocycles. The lowest BCUT2D eigenvalue weighted by atomic mass is 9.99. The maximum Gasteiger partial charge on any atom is 0.321 e. The van der Waals surface area contributed by atoms with Gasteiger partial charge in [0.1, 0.15) is 0 Å². The third kappa shape index (κ3) is 3.95. The van der Waals surface area contributed by atoms with E-state index in [2.05, 4.69) is 29.6 Å². The zero-order chi connectivity index (χ0) is 16.8. The van der Waals surface area contributed by atoms with Crippen LogP contribution in [0.25, 0.3) is 0 Å². The number of carbonyl (C=O) groups excluding carboxylic acids is 1. The second-order valence-corrected chi connectivity index (χ2v) is 6.07. The first-order valence-electron chi connectivity index (χ1n) is 8.54. The summed E-state index contributed by atoms with van der Waals surface area (Å²) in [5.41, 5.74) is 3.15. The van der Waals surface area contributed by atoms with Gasteiger partial charge in [-0.3, -0.25) is 0 Å². The fraction of sp³-hybridized carbons (Fsp3) is 0.350. The Morgan fingerprint density at radius 2 is 1.92 bits per heavy atom. The van der Waals surface area contributed by atoms with Crippen LogP contribution in [-0.4, -0.2) is 30.6 Å². The molecule has 0 spiro atoms. The maximum atomic E-state index is 12.6. The Morgan fingerprint density at radius 3 is 2.71 bits per heavy atom. The van der Waals surface area contributed by atoms with Gasteiger partial charge in [0.15, 0.2) is 0 Å². The molecule has 1 atom stereocenters. The fourth-order valence-electron chi connectivity index (χ4n) is 3.12. The Hall–Kier alpha value is -2.33. The van der Waals surface area contributed by atoms with Gasteiger partial charge in [-0.1, -0.05) is 48.5 Å². The highest BCUT2D eigenvalue weighted by Crippen LogP contribution is 2.27. The van der Waals surface area contributed by atoms with Gasteiger partial charge in [0.2, 0.25) is 0 Å². The summed E-state index contributed by atoms with van der Waals surface area (Å²) in [6, 6.07) is 18.2. The van der Waals surface area contributed by atoms with E-state index in [0.29, 0.717) is 19.1 Å². The molecule has 2 aromatic rings. The van der Waals surface area contributed by atoms with Crippen molar-refractivity contribution >= 4 is 11.7 Å². The fourth-order valence-corrected chi connectivity index (χ4v) is 3.12. The molecule has 3 rings (SSSR count). The normalized spacial score (nSPS) is 17.0. The summed E-state index contributed by atoms with van der Waals surface area (Å²) in [5.74, 6) is 0.426. The van der Waals surface area contributed by atoms with Crippen molar-refractivity contribution in [2.24, 2.45) is 0 Å². The van der Waals surface area contributed by atoms with Crippen molar-refractivity contribution in [3.63, 3.8) is 0 Å². The van der Waals surface area contributed by atoms with Gasteiger partial charge >= 0.3 is 6.03 Å². The van der Waals surface area contributed by atoms with Gasteiger partial charge in [-0.15, -0.1) is 0 Å². The molecule has 1 saturated heterocycles. The van der Waals surface area contributed by atoms with Crippen molar-refractivity contribution in [2.45, 2.75) is 25.9 Å². The predicted molar refractivity (Wildman–Crippen MR) is 96.2 cm³/mol. The molecule has 1 aliphatic heterocycles. The molecule has 0 bridgehead atoms. The molecule has 1 heterocycles. The van der Waals surface area contributed by atoms with E-state index in [4.69, 9.17) is 4.74 Å². The average Bonchev–Trinajstić information content (AvgIpc) is 3.12. The topological polar surface area (TPSA) is 41.6 Å². The van der Waals surface area contributed by atoms with E-state index in [0.717, 1.165) is 30.8 Å². The smallest absolute Gasteiger partial charge is 0.321 e. The number of amides is 2. The van der Waals surface area contributed by atoms with Crippen LogP contribution in [0, 0.1) is 0 Å². The van der Waals surface area contributed by atoms with Gasteiger partial charge in [0.05, 0.1) is 6.61 Å². The molecule has 0 aliphatic carbocycles. The summed E-state index contributed by atoms with van der Waals surface area (Å²) in [6.07, 6.45) is 1.01. The van der Waals surface area contributed by atoms with Gasteiger partial charge in [-0.25, -0.2) is 4.79 Å². The first-order chi connectivity index (χ1) is 11.8. The summed E-state index contributed by atoms with van der Waals surface area (Å²) in [6.45, 7) is 4.70. The van der Waals surface area contributed by atoms with Crippen LogP contribution in [0.1, 0.15) is 30.4 Å². The Balaban J connectivity index is 1.62. The summed E-state index contributed by atoms with van der Waals surface area (Å²) >= 11 is 0. The zero-order valence-corrected chi connectivity index (χ0v) is 14.1. The van der Waals surface area contributed by atoms with Crippen LogP contribution >= 0.6 is 0 Å². The number of nitrogens with zero attached hydrogens (tertiary/aromatic N) is 1. The molecule has 126 valence electrons. The number of hydrogen-bond acceptors (Lipinski definition) is 2. The van der Waals surface area contributed by atoms with Crippen LogP contribution in [-0.2, 0) is 11.3 Å². The van der Waals surface area contributed by atoms with E-state index in [1.807, 2.05) is 42.2 Å². The minimum absolute atomic E-state index is 0.0302. The summed E-state index contributed by atoms with van der Waals surface area (Å²) < 4.78 is 5.48. The molecule has 0 unspecified atom stereocenters. The highest BCUT2D eigenvalue weighted by atomic mass is 16.5. The van der Waals surface area contributed by atoms with Gasteiger partial charge in [0.25, 0.3) is 0 Å². The number of carbonyl (C=O) groups is 1. The van der Waals surface area contributed by atoms with Crippen LogP contribution < -0.4 is 5.32 Å². The minimum atomic E-state index is -0.0302. The van der Waals surface area contributed by atoms with Crippen molar-refractivity contribution < 1.29 is 9.53 Å². The lowest BCUT2D eigenvalue weighted by Gasteiger charge is -2.19. The van der Waals surface area contributed by atoms with E-state index >= 15 is 0 Å². The predicted octanol–water partition coefficient (Wildman–Crippen LogP) is 4.24. The quantitative estimate of drug-likeness (QED) is 0.893. The molecule has 1 N–H and O–H groups in total. The number of nitrogens with one attached hydrogen (secondary N) is 1. The van der Waals surface area contributed by atoms with Crippen molar-refractivity contribution in [2.75, 3.05) is 25.0 Å². The number of para-hydroxylation sites is 1. The second kappa shape index (κ2) is 7.97. The number of urea groups is 1. The zero-order valence-electron chi connectivity index (χ0n) is 14.1. The molecule has 0 radical (unpaired) electrons. The molecule has 24 heavy (non-hydrogen) atoms. The van der Waals surface area contributed by atoms with E-state index in [1.54, 1.807) is 0 Å². The Morgan fingerprint density at radius 1 is 1.17 bits per heavy atom. The monoisotopic (exact) mass is 324 g/mol. The highest BCUT2D eigenvalue weighted by Gasteiger charge is 2.27. The first kappa shape index (κ1) is 16.5. The van der Waals surface area contributed by atoms with Crippen LogP contribution in [0.4, 0.5) is 10.5 Å². The first-order valence-corrected chi connectivity index (χ1v) is 8.54. The van der Waals surface area contributed by atoms with Crippen LogP contribution in [0.5, 0.6) is 0 Å². The molecule has 0 saturated carbocycles. The SMILES string of the molecule is CCOCc1ccccc1NC(=O)N1CC[C@@H](c2ccccc2)C1. The number of hydrogen-bond donors (Lipinski definition) is 1. The molecule has 4 nitrogen and oxygen atoms in total. The minimum Gasteiger partial charge on any atom is -0.377 e. The number of ether oxygens (including phenoxy) is 1. The third-order valence-electron chi connectivity index (χ3n) is 4.47. The molecule has 4 heteroatoms. The number of likely N-dealkylation sites (tertiary alicyclic amines) is 1. The lowest BCUT2D eigenvalue weighted by molar-refractivity contribution is 0.134. The van der Waals surface area contributed by atoms with Gasteiger partial charge in [0, 0.05) is 36.9 Å². The molecular weight excluding hydrogens is 300 g/mol. The molecule has 2 amide bonds. The Bertz CT molecular complexity index is 672. The van der Waals surface area contributed by atoms with Gasteiger partial charge < -0.3 is 15.0 Å². The van der Waals surface area contributed by atoms with Crippen molar-refractivity contribution in [3.8, 4) is 0 Å². The lowest BCUT2D eigenvalue weighted by Crippen LogP contribution is -2.33. The second-order valence-electron chi connectivity index (χ2n) is 6.07. The van der Waals surface area contributed by atoms with Gasteiger partial charge in [-0.05, 0) is 25.0 Å². The highest BCUT2D eigenvalue weighted by molar-refractivity contribution is 5.90. The van der Waals surface area contributed by atoms with Crippen LogP contribution in [0.15, 0.2) is 54.6 Å². The average molecular weight is 324 g/mol. The van der Waals surface area contributed by atoms with Crippen molar-refractivity contribution in [1.29, 1.82) is 0 Å². The summed E-state index contributed by atoms with van der Waals surface area (Å²) in [4.78, 5) is 14.5. The van der Waals surface area contributed by atoms with Crippen LogP contribution in [0.2, 0.25) is 0 Å². The number of rotatable bonds is 5. The van der Waals surface area contributed by atoms with Gasteiger partial charge in [-0.2, -0.15) is 0 Å². The van der Waals surface area contributed by atoms with E-state index in [-0.39, 0.29) is 6.03 Å². The molecule has 1 aliphatic rings. The number of benzene rings is 2. The van der Waals surface area contributed by atoms with Crippen molar-refractivity contribution in [1.82, 2.24) is 4.90 Å². The van der Waals surface area contributed by atoms with Crippen molar-refractivity contribution in [3.05, 3.63) is 65.7 Å². The number of anilines is 1.